The maximum absolute atomic E-state index is 2.32. The van der Waals surface area contributed by atoms with Crippen molar-refractivity contribution in [2.45, 2.75) is 59.3 Å². The third-order valence-corrected chi connectivity index (χ3v) is 5.83. The Hall–Kier alpha value is 0.970. The minimum atomic E-state index is 0. The highest BCUT2D eigenvalue weighted by Crippen LogP contribution is 2.38. The van der Waals surface area contributed by atoms with Gasteiger partial charge >= 0.3 is 0 Å². The van der Waals surface area contributed by atoms with Crippen LogP contribution in [0.15, 0.2) is 0 Å². The van der Waals surface area contributed by atoms with Crippen LogP contribution in [0.1, 0.15) is 59.3 Å². The van der Waals surface area contributed by atoms with Crippen molar-refractivity contribution in [1.29, 1.82) is 0 Å². The highest BCUT2D eigenvalue weighted by Gasteiger charge is 2.12. The van der Waals surface area contributed by atoms with Crippen molar-refractivity contribution in [2.75, 3.05) is 18.5 Å². The molecule has 0 saturated heterocycles. The molecule has 0 aromatic carbocycles. The lowest BCUT2D eigenvalue weighted by atomic mass is 10.4. The molecule has 0 heterocycles. The summed E-state index contributed by atoms with van der Waals surface area (Å²) in [7, 11) is 0.0675. The van der Waals surface area contributed by atoms with Crippen LogP contribution in [0.2, 0.25) is 0 Å². The van der Waals surface area contributed by atoms with Crippen LogP contribution >= 0.6 is 7.92 Å². The molecule has 104 valence electrons. The fourth-order valence-corrected chi connectivity index (χ4v) is 4.97. The van der Waals surface area contributed by atoms with Gasteiger partial charge in [0.1, 0.15) is 0 Å². The van der Waals surface area contributed by atoms with Gasteiger partial charge in [0, 0.05) is 7.92 Å². The van der Waals surface area contributed by atoms with E-state index in [1.54, 1.807) is 18.5 Å². The van der Waals surface area contributed by atoms with Crippen LogP contribution in [-0.4, -0.2) is 18.5 Å². The number of hydrogen-bond acceptors (Lipinski definition) is 0. The molecule has 0 fully saturated rings. The molecule has 0 aliphatic heterocycles. The summed E-state index contributed by atoms with van der Waals surface area (Å²) in [5.41, 5.74) is 0. The lowest BCUT2D eigenvalue weighted by molar-refractivity contribution is -0.001000. The van der Waals surface area contributed by atoms with Gasteiger partial charge in [-0.25, -0.2) is 0 Å². The Balaban J connectivity index is -0.000000240. The van der Waals surface area contributed by atoms with E-state index in [0.717, 1.165) is 0 Å². The molecular formula is C12H32Cl2NP. The maximum atomic E-state index is 2.32. The molecule has 0 atom stereocenters. The van der Waals surface area contributed by atoms with E-state index in [9.17, 15) is 0 Å². The van der Waals surface area contributed by atoms with Crippen molar-refractivity contribution in [1.82, 2.24) is 6.15 Å². The Labute approximate surface area is 117 Å². The first-order valence-electron chi connectivity index (χ1n) is 6.18. The second-order valence-electron chi connectivity index (χ2n) is 4.06. The molecule has 0 rings (SSSR count). The van der Waals surface area contributed by atoms with Gasteiger partial charge in [0.05, 0.1) is 18.5 Å². The summed E-state index contributed by atoms with van der Waals surface area (Å²) in [5, 5.41) is 0. The van der Waals surface area contributed by atoms with E-state index >= 15 is 0 Å². The number of halogens is 2. The molecule has 16 heavy (non-hydrogen) atoms. The van der Waals surface area contributed by atoms with E-state index in [-0.39, 0.29) is 38.9 Å². The molecule has 0 amide bonds. The smallest absolute Gasteiger partial charge is 0.0571 e. The van der Waals surface area contributed by atoms with Crippen molar-refractivity contribution in [2.24, 2.45) is 0 Å². The fourth-order valence-electron chi connectivity index (χ4n) is 1.66. The second-order valence-corrected chi connectivity index (χ2v) is 7.06. The highest BCUT2D eigenvalue weighted by atomic mass is 35.5. The van der Waals surface area contributed by atoms with Crippen molar-refractivity contribution in [3.05, 3.63) is 0 Å². The largest absolute Gasteiger partial charge is 1.00 e. The predicted octanol–water partition coefficient (Wildman–Crippen LogP) is -1.01. The van der Waals surface area contributed by atoms with Crippen molar-refractivity contribution >= 4 is 7.92 Å². The van der Waals surface area contributed by atoms with Crippen molar-refractivity contribution < 1.29 is 24.8 Å². The molecule has 4 N–H and O–H groups in total. The topological polar surface area (TPSA) is 36.5 Å². The van der Waals surface area contributed by atoms with Gasteiger partial charge in [-0.3, -0.25) is 0 Å². The van der Waals surface area contributed by atoms with Gasteiger partial charge in [0.15, 0.2) is 0 Å². The van der Waals surface area contributed by atoms with E-state index in [1.807, 2.05) is 0 Å². The molecule has 0 spiro atoms. The van der Waals surface area contributed by atoms with Crippen LogP contribution in [0.4, 0.5) is 0 Å². The fraction of sp³-hybridized carbons (Fsp3) is 1.00. The third-order valence-electron chi connectivity index (χ3n) is 2.65. The number of hydrogen-bond donors (Lipinski definition) is 1. The van der Waals surface area contributed by atoms with Gasteiger partial charge in [-0.05, 0) is 19.3 Å². The third kappa shape index (κ3) is 17.4. The van der Waals surface area contributed by atoms with Crippen LogP contribution in [0.25, 0.3) is 0 Å². The van der Waals surface area contributed by atoms with Crippen LogP contribution in [0, 0.1) is 0 Å². The Morgan fingerprint density at radius 3 is 1.06 bits per heavy atom. The normalized spacial score (nSPS) is 9.00. The van der Waals surface area contributed by atoms with E-state index in [4.69, 9.17) is 0 Å². The molecule has 0 aliphatic rings. The summed E-state index contributed by atoms with van der Waals surface area (Å²) in [6, 6.07) is 0. The average Bonchev–Trinajstić information content (AvgIpc) is 2.17. The van der Waals surface area contributed by atoms with E-state index < -0.39 is 0 Å². The molecule has 0 aromatic heterocycles. The Morgan fingerprint density at radius 1 is 0.625 bits per heavy atom. The first-order chi connectivity index (χ1) is 6.35. The van der Waals surface area contributed by atoms with Crippen LogP contribution < -0.4 is 31.0 Å². The SMILES string of the molecule is CCCC[PH+](CCCC)CCCC.[Cl-].[Cl-].[NH4+]. The Kier molecular flexibility index (Phi) is 34.2. The summed E-state index contributed by atoms with van der Waals surface area (Å²) < 4.78 is 0. The van der Waals surface area contributed by atoms with Crippen LogP contribution in [0.3, 0.4) is 0 Å². The quantitative estimate of drug-likeness (QED) is 0.529. The van der Waals surface area contributed by atoms with Crippen molar-refractivity contribution in [3.63, 3.8) is 0 Å². The molecule has 0 unspecified atom stereocenters. The van der Waals surface area contributed by atoms with Crippen molar-refractivity contribution in [3.8, 4) is 0 Å². The summed E-state index contributed by atoms with van der Waals surface area (Å²) >= 11 is 0. The lowest BCUT2D eigenvalue weighted by Gasteiger charge is -2.09. The number of unbranched alkanes of at least 4 members (excludes halogenated alkanes) is 3. The molecule has 0 aliphatic carbocycles. The zero-order chi connectivity index (χ0) is 9.94. The first-order valence-corrected chi connectivity index (χ1v) is 8.30. The van der Waals surface area contributed by atoms with Gasteiger partial charge in [0.2, 0.25) is 0 Å². The minimum Gasteiger partial charge on any atom is -1.00 e. The molecule has 1 nitrogen and oxygen atoms in total. The lowest BCUT2D eigenvalue weighted by Crippen LogP contribution is -3.00. The number of rotatable bonds is 9. The summed E-state index contributed by atoms with van der Waals surface area (Å²) in [6.07, 6.45) is 13.4. The highest BCUT2D eigenvalue weighted by molar-refractivity contribution is 7.57. The van der Waals surface area contributed by atoms with Gasteiger partial charge in [0.25, 0.3) is 0 Å². The van der Waals surface area contributed by atoms with Crippen LogP contribution in [-0.2, 0) is 0 Å². The second kappa shape index (κ2) is 21.3. The zero-order valence-electron chi connectivity index (χ0n) is 11.6. The monoisotopic (exact) mass is 291 g/mol. The molecule has 0 aromatic rings. The summed E-state index contributed by atoms with van der Waals surface area (Å²) in [4.78, 5) is 0. The van der Waals surface area contributed by atoms with Gasteiger partial charge < -0.3 is 31.0 Å². The molecular weight excluding hydrogens is 260 g/mol. The van der Waals surface area contributed by atoms with E-state index in [1.165, 1.54) is 38.5 Å². The van der Waals surface area contributed by atoms with E-state index in [2.05, 4.69) is 20.8 Å². The molecule has 4 heteroatoms. The first kappa shape index (κ1) is 25.7. The minimum absolute atomic E-state index is 0. The molecule has 0 saturated carbocycles. The van der Waals surface area contributed by atoms with Gasteiger partial charge in [-0.1, -0.05) is 40.0 Å². The van der Waals surface area contributed by atoms with Crippen LogP contribution in [0.5, 0.6) is 0 Å². The standard InChI is InChI=1S/C12H27P.2ClH.H3N/c1-4-7-10-13(11-8-5-2)12-9-6-3;;;/h4-12H2,1-3H3;2*1H;1H3. The van der Waals surface area contributed by atoms with E-state index in [0.29, 0.717) is 0 Å². The summed E-state index contributed by atoms with van der Waals surface area (Å²) in [6.45, 7) is 6.96. The Bertz CT molecular complexity index is 86.0. The molecule has 0 radical (unpaired) electrons. The predicted molar refractivity (Wildman–Crippen MR) is 73.6 cm³/mol. The maximum Gasteiger partial charge on any atom is 0.0571 e. The van der Waals surface area contributed by atoms with Gasteiger partial charge in [-0.15, -0.1) is 0 Å². The zero-order valence-corrected chi connectivity index (χ0v) is 14.1. The average molecular weight is 292 g/mol. The van der Waals surface area contributed by atoms with Gasteiger partial charge in [-0.2, -0.15) is 0 Å². The summed E-state index contributed by atoms with van der Waals surface area (Å²) in [5.74, 6) is 0. The number of quaternary nitrogens is 1. The molecule has 0 bridgehead atoms. The Morgan fingerprint density at radius 2 is 0.875 bits per heavy atom.